The molecule has 21 heavy (non-hydrogen) atoms. The molecule has 1 nitrogen and oxygen atoms in total. The Labute approximate surface area is 130 Å². The molecule has 1 aromatic rings. The summed E-state index contributed by atoms with van der Waals surface area (Å²) in [7, 11) is 0. The quantitative estimate of drug-likeness (QED) is 0.419. The topological polar surface area (TPSA) is 12.0 Å². The number of unbranched alkanes of at least 4 members (excludes halogenated alkanes) is 3. The summed E-state index contributed by atoms with van der Waals surface area (Å²) < 4.78 is 0. The first-order valence-corrected chi connectivity index (χ1v) is 7.66. The van der Waals surface area contributed by atoms with Crippen molar-refractivity contribution in [2.24, 2.45) is 0 Å². The molecule has 0 saturated carbocycles. The summed E-state index contributed by atoms with van der Waals surface area (Å²) in [6, 6.07) is 8.06. The summed E-state index contributed by atoms with van der Waals surface area (Å²) in [6.45, 7) is 15.5. The summed E-state index contributed by atoms with van der Waals surface area (Å²) in [5.41, 5.74) is 3.21. The first-order valence-electron chi connectivity index (χ1n) is 7.66. The Morgan fingerprint density at radius 1 is 1.00 bits per heavy atom. The normalized spacial score (nSPS) is 10.1. The van der Waals surface area contributed by atoms with Crippen LogP contribution < -0.4 is 5.32 Å². The fourth-order valence-corrected chi connectivity index (χ4v) is 1.79. The predicted octanol–water partition coefficient (Wildman–Crippen LogP) is 6.58. The third kappa shape index (κ3) is 8.69. The van der Waals surface area contributed by atoms with E-state index in [-0.39, 0.29) is 0 Å². The molecule has 0 atom stereocenters. The zero-order chi connectivity index (χ0) is 15.9. The van der Waals surface area contributed by atoms with Crippen molar-refractivity contribution in [3.63, 3.8) is 0 Å². The number of hydrogen-bond acceptors (Lipinski definition) is 1. The second-order valence-corrected chi connectivity index (χ2v) is 4.69. The van der Waals surface area contributed by atoms with Gasteiger partial charge in [-0.15, -0.1) is 0 Å². The predicted molar refractivity (Wildman–Crippen MR) is 98.4 cm³/mol. The molecule has 0 spiro atoms. The van der Waals surface area contributed by atoms with Gasteiger partial charge in [0.25, 0.3) is 0 Å². The molecule has 0 heterocycles. The van der Waals surface area contributed by atoms with Gasteiger partial charge in [0.2, 0.25) is 0 Å². The zero-order valence-corrected chi connectivity index (χ0v) is 13.6. The second kappa shape index (κ2) is 13.0. The van der Waals surface area contributed by atoms with Gasteiger partial charge in [0.05, 0.1) is 0 Å². The fraction of sp³-hybridized carbons (Fsp3) is 0.300. The van der Waals surface area contributed by atoms with Gasteiger partial charge in [-0.1, -0.05) is 89.6 Å². The van der Waals surface area contributed by atoms with Gasteiger partial charge in [-0.25, -0.2) is 0 Å². The largest absolute Gasteiger partial charge is 0.362 e. The van der Waals surface area contributed by atoms with Crippen molar-refractivity contribution in [2.75, 3.05) is 5.32 Å². The third-order valence-corrected chi connectivity index (χ3v) is 2.96. The van der Waals surface area contributed by atoms with E-state index < -0.39 is 0 Å². The van der Waals surface area contributed by atoms with Gasteiger partial charge in [-0.2, -0.15) is 0 Å². The summed E-state index contributed by atoms with van der Waals surface area (Å²) in [4.78, 5) is 0. The number of nitrogens with one attached hydrogen (secondary N) is 1. The van der Waals surface area contributed by atoms with Crippen molar-refractivity contribution < 1.29 is 0 Å². The van der Waals surface area contributed by atoms with Crippen LogP contribution in [0.3, 0.4) is 0 Å². The second-order valence-electron chi connectivity index (χ2n) is 4.69. The number of hydrogen-bond donors (Lipinski definition) is 1. The van der Waals surface area contributed by atoms with E-state index >= 15 is 0 Å². The molecule has 0 bridgehead atoms. The maximum absolute atomic E-state index is 3.77. The summed E-state index contributed by atoms with van der Waals surface area (Å²) in [5.74, 6) is 0. The average molecular weight is 283 g/mol. The van der Waals surface area contributed by atoms with Crippen LogP contribution in [-0.2, 0) is 0 Å². The molecule has 0 fully saturated rings. The van der Waals surface area contributed by atoms with Crippen LogP contribution in [0.4, 0.5) is 5.69 Å². The number of allylic oxidation sites excluding steroid dienone is 4. The molecule has 1 aromatic carbocycles. The zero-order valence-electron chi connectivity index (χ0n) is 13.6. The minimum atomic E-state index is 1.02. The minimum absolute atomic E-state index is 1.02. The monoisotopic (exact) mass is 283 g/mol. The Bertz CT molecular complexity index is 433. The molecule has 114 valence electrons. The van der Waals surface area contributed by atoms with E-state index in [2.05, 4.69) is 38.9 Å². The van der Waals surface area contributed by atoms with E-state index in [1.54, 1.807) is 12.3 Å². The Kier molecular flexibility index (Phi) is 11.7. The Balaban J connectivity index is 0.000000567. The molecule has 1 heteroatoms. The smallest absolute Gasteiger partial charge is 0.0379 e. The van der Waals surface area contributed by atoms with Crippen molar-refractivity contribution in [3.05, 3.63) is 74.0 Å². The van der Waals surface area contributed by atoms with Crippen LogP contribution >= 0.6 is 0 Å². The molecule has 0 amide bonds. The van der Waals surface area contributed by atoms with Crippen molar-refractivity contribution in [3.8, 4) is 0 Å². The lowest BCUT2D eigenvalue weighted by Gasteiger charge is -2.04. The Hall–Kier alpha value is -2.02. The lowest BCUT2D eigenvalue weighted by Crippen LogP contribution is -1.86. The van der Waals surface area contributed by atoms with Crippen molar-refractivity contribution in [1.29, 1.82) is 0 Å². The molecule has 0 aliphatic rings. The summed E-state index contributed by atoms with van der Waals surface area (Å²) >= 11 is 0. The Morgan fingerprint density at radius 2 is 1.57 bits per heavy atom. The highest BCUT2D eigenvalue weighted by Gasteiger charge is 1.95. The summed E-state index contributed by atoms with van der Waals surface area (Å²) in [5, 5.41) is 3.02. The van der Waals surface area contributed by atoms with Gasteiger partial charge < -0.3 is 5.32 Å². The van der Waals surface area contributed by atoms with E-state index in [1.165, 1.54) is 25.7 Å². The van der Waals surface area contributed by atoms with Crippen molar-refractivity contribution >= 4 is 11.3 Å². The minimum Gasteiger partial charge on any atom is -0.362 e. The molecule has 1 N–H and O–H groups in total. The SMILES string of the molecule is C=C/C=C(\C=C)c1ccc(NC=C)cc1.CCCCCC. The first kappa shape index (κ1) is 19.0. The highest BCUT2D eigenvalue weighted by atomic mass is 14.8. The van der Waals surface area contributed by atoms with Gasteiger partial charge in [-0.05, 0) is 29.5 Å². The molecule has 0 aliphatic carbocycles. The van der Waals surface area contributed by atoms with E-state index in [4.69, 9.17) is 0 Å². The maximum atomic E-state index is 3.77. The van der Waals surface area contributed by atoms with E-state index in [0.717, 1.165) is 16.8 Å². The van der Waals surface area contributed by atoms with Crippen molar-refractivity contribution in [1.82, 2.24) is 0 Å². The molecular formula is C20H29N. The number of rotatable bonds is 8. The highest BCUT2D eigenvalue weighted by molar-refractivity contribution is 5.75. The molecule has 0 saturated heterocycles. The maximum Gasteiger partial charge on any atom is 0.0379 e. The molecule has 0 aliphatic heterocycles. The van der Waals surface area contributed by atoms with Crippen LogP contribution in [0.15, 0.2) is 68.4 Å². The van der Waals surface area contributed by atoms with E-state index in [9.17, 15) is 0 Å². The average Bonchev–Trinajstić information content (AvgIpc) is 2.52. The summed E-state index contributed by atoms with van der Waals surface area (Å²) in [6.07, 6.45) is 12.7. The third-order valence-electron chi connectivity index (χ3n) is 2.96. The highest BCUT2D eigenvalue weighted by Crippen LogP contribution is 2.18. The lowest BCUT2D eigenvalue weighted by molar-refractivity contribution is 0.702. The van der Waals surface area contributed by atoms with Gasteiger partial charge in [0.15, 0.2) is 0 Å². The van der Waals surface area contributed by atoms with E-state index in [1.807, 2.05) is 36.4 Å². The molecule has 1 rings (SSSR count). The molecule has 0 radical (unpaired) electrons. The molecule has 0 unspecified atom stereocenters. The van der Waals surface area contributed by atoms with Crippen molar-refractivity contribution in [2.45, 2.75) is 39.5 Å². The standard InChI is InChI=1S/C14H15N.C6H14/c1-4-7-12(5-2)13-8-10-14(11-9-13)15-6-3;1-3-5-6-4-2/h4-11,15H,1-3H2;3-6H2,1-2H3/b12-7+;. The van der Waals surface area contributed by atoms with Gasteiger partial charge in [0, 0.05) is 5.69 Å². The van der Waals surface area contributed by atoms with Gasteiger partial charge in [-0.3, -0.25) is 0 Å². The van der Waals surface area contributed by atoms with Gasteiger partial charge in [0.1, 0.15) is 0 Å². The van der Waals surface area contributed by atoms with Crippen LogP contribution in [0.1, 0.15) is 45.1 Å². The van der Waals surface area contributed by atoms with Crippen LogP contribution in [-0.4, -0.2) is 0 Å². The lowest BCUT2D eigenvalue weighted by atomic mass is 10.1. The number of benzene rings is 1. The van der Waals surface area contributed by atoms with Crippen LogP contribution in [0.2, 0.25) is 0 Å². The number of anilines is 1. The first-order chi connectivity index (χ1) is 10.2. The molecule has 0 aromatic heterocycles. The van der Waals surface area contributed by atoms with Gasteiger partial charge >= 0.3 is 0 Å². The van der Waals surface area contributed by atoms with E-state index in [0.29, 0.717) is 0 Å². The fourth-order valence-electron chi connectivity index (χ4n) is 1.79. The van der Waals surface area contributed by atoms with Crippen LogP contribution in [0, 0.1) is 0 Å². The van der Waals surface area contributed by atoms with Crippen LogP contribution in [0.25, 0.3) is 5.57 Å². The molecular weight excluding hydrogens is 254 g/mol. The van der Waals surface area contributed by atoms with Crippen LogP contribution in [0.5, 0.6) is 0 Å². The Morgan fingerprint density at radius 3 is 1.95 bits per heavy atom.